The monoisotopic (exact) mass is 324 g/mol. The van der Waals surface area contributed by atoms with E-state index in [1.807, 2.05) is 65.0 Å². The van der Waals surface area contributed by atoms with Crippen molar-refractivity contribution < 1.29 is 0 Å². The Balaban J connectivity index is 0. The lowest BCUT2D eigenvalue weighted by atomic mass is 10.0. The van der Waals surface area contributed by atoms with Crippen LogP contribution in [0.25, 0.3) is 0 Å². The van der Waals surface area contributed by atoms with Crippen molar-refractivity contribution in [3.05, 3.63) is 85.3 Å². The molecule has 130 valence electrons. The van der Waals surface area contributed by atoms with Gasteiger partial charge in [0.25, 0.3) is 0 Å². The van der Waals surface area contributed by atoms with Crippen molar-refractivity contribution in [1.82, 2.24) is 0 Å². The zero-order chi connectivity index (χ0) is 19.1. The average molecular weight is 325 g/mol. The van der Waals surface area contributed by atoms with Crippen molar-refractivity contribution in [3.8, 4) is 0 Å². The maximum atomic E-state index is 4.46. The Morgan fingerprint density at radius 2 is 1.54 bits per heavy atom. The summed E-state index contributed by atoms with van der Waals surface area (Å²) in [4.78, 5) is 8.47. The molecule has 0 rings (SSSR count). The molecule has 0 heterocycles. The van der Waals surface area contributed by atoms with Crippen LogP contribution in [-0.4, -0.2) is 12.4 Å². The molecule has 0 aliphatic carbocycles. The van der Waals surface area contributed by atoms with Gasteiger partial charge in [-0.15, -0.1) is 6.58 Å². The van der Waals surface area contributed by atoms with E-state index in [-0.39, 0.29) is 5.92 Å². The molecule has 0 saturated heterocycles. The van der Waals surface area contributed by atoms with E-state index < -0.39 is 0 Å². The van der Waals surface area contributed by atoms with Gasteiger partial charge in [-0.2, -0.15) is 0 Å². The topological polar surface area (TPSA) is 24.7 Å². The molecule has 24 heavy (non-hydrogen) atoms. The second-order valence-corrected chi connectivity index (χ2v) is 4.94. The Bertz CT molecular complexity index is 581. The minimum atomic E-state index is 0.122. The number of nitrogens with zero attached hydrogens (tertiary/aromatic N) is 2. The highest BCUT2D eigenvalue weighted by molar-refractivity contribution is 5.93. The highest BCUT2D eigenvalue weighted by atomic mass is 14.7. The molecule has 0 fully saturated rings. The summed E-state index contributed by atoms with van der Waals surface area (Å²) in [6.07, 6.45) is 11.0. The maximum Gasteiger partial charge on any atom is 0.0468 e. The summed E-state index contributed by atoms with van der Waals surface area (Å²) in [5, 5.41) is 0. The first-order valence-corrected chi connectivity index (χ1v) is 8.07. The van der Waals surface area contributed by atoms with Gasteiger partial charge in [0.05, 0.1) is 0 Å². The smallest absolute Gasteiger partial charge is 0.0468 e. The molecule has 0 aromatic carbocycles. The van der Waals surface area contributed by atoms with Crippen LogP contribution in [0.1, 0.15) is 34.6 Å². The SMILES string of the molecule is C=C\C=C/C(C)=N/C(C)=C/C(=C)C(=C)/C=C(/N=C)C(C)C=C.CC. The van der Waals surface area contributed by atoms with Crippen LogP contribution >= 0.6 is 0 Å². The lowest BCUT2D eigenvalue weighted by Crippen LogP contribution is -1.94. The molecular weight excluding hydrogens is 292 g/mol. The van der Waals surface area contributed by atoms with Gasteiger partial charge >= 0.3 is 0 Å². The fourth-order valence-corrected chi connectivity index (χ4v) is 1.61. The van der Waals surface area contributed by atoms with Crippen LogP contribution in [-0.2, 0) is 0 Å². The molecule has 1 unspecified atom stereocenters. The third-order valence-electron chi connectivity index (χ3n) is 2.95. The Kier molecular flexibility index (Phi) is 14.0. The standard InChI is InChI=1S/C20H26N2.C2H6/c1-9-11-12-18(6)22-19(7)13-16(4)17(5)14-20(21-8)15(3)10-2;1-2/h9-15H,1-2,4-5,8H2,3,6-7H3;1-2H3/b12-11-,19-13+,20-14+,22-18+;. The predicted molar refractivity (Wildman–Crippen MR) is 113 cm³/mol. The van der Waals surface area contributed by atoms with Crippen LogP contribution < -0.4 is 0 Å². The number of hydrogen-bond donors (Lipinski definition) is 0. The summed E-state index contributed by atoms with van der Waals surface area (Å²) < 4.78 is 0. The first-order valence-electron chi connectivity index (χ1n) is 8.07. The van der Waals surface area contributed by atoms with Gasteiger partial charge in [-0.25, -0.2) is 0 Å². The van der Waals surface area contributed by atoms with Crippen LogP contribution in [0.2, 0.25) is 0 Å². The summed E-state index contributed by atoms with van der Waals surface area (Å²) in [7, 11) is 0. The second-order valence-electron chi connectivity index (χ2n) is 4.94. The van der Waals surface area contributed by atoms with Crippen molar-refractivity contribution in [1.29, 1.82) is 0 Å². The molecule has 0 amide bonds. The fourth-order valence-electron chi connectivity index (χ4n) is 1.61. The lowest BCUT2D eigenvalue weighted by molar-refractivity contribution is 0.851. The van der Waals surface area contributed by atoms with Gasteiger partial charge in [0, 0.05) is 23.0 Å². The molecule has 1 atom stereocenters. The van der Waals surface area contributed by atoms with Gasteiger partial charge in [-0.05, 0) is 49.9 Å². The summed E-state index contributed by atoms with van der Waals surface area (Å²) in [5.74, 6) is 0.122. The minimum absolute atomic E-state index is 0.122. The molecular formula is C22H32N2. The number of rotatable bonds is 9. The van der Waals surface area contributed by atoms with Crippen LogP contribution in [0, 0.1) is 5.92 Å². The van der Waals surface area contributed by atoms with E-state index in [0.717, 1.165) is 28.3 Å². The van der Waals surface area contributed by atoms with E-state index in [1.165, 1.54) is 0 Å². The summed E-state index contributed by atoms with van der Waals surface area (Å²) in [6.45, 7) is 28.9. The molecule has 0 saturated carbocycles. The predicted octanol–water partition coefficient (Wildman–Crippen LogP) is 6.64. The summed E-state index contributed by atoms with van der Waals surface area (Å²) in [6, 6.07) is 0. The third kappa shape index (κ3) is 10.3. The van der Waals surface area contributed by atoms with Crippen LogP contribution in [0.3, 0.4) is 0 Å². The first-order chi connectivity index (χ1) is 11.3. The van der Waals surface area contributed by atoms with Gasteiger partial charge < -0.3 is 0 Å². The first kappa shape index (κ1) is 23.8. The largest absolute Gasteiger partial charge is 0.268 e. The highest BCUT2D eigenvalue weighted by Crippen LogP contribution is 2.19. The van der Waals surface area contributed by atoms with Crippen LogP contribution in [0.4, 0.5) is 0 Å². The quantitative estimate of drug-likeness (QED) is 0.258. The van der Waals surface area contributed by atoms with Crippen molar-refractivity contribution in [2.45, 2.75) is 34.6 Å². The molecule has 0 aliphatic rings. The van der Waals surface area contributed by atoms with Crippen molar-refractivity contribution in [3.63, 3.8) is 0 Å². The van der Waals surface area contributed by atoms with Crippen LogP contribution in [0.15, 0.2) is 95.3 Å². The molecule has 0 radical (unpaired) electrons. The molecule has 2 nitrogen and oxygen atoms in total. The van der Waals surface area contributed by atoms with E-state index in [0.29, 0.717) is 0 Å². The number of hydrogen-bond acceptors (Lipinski definition) is 2. The number of aliphatic imine (C=N–C) groups is 2. The van der Waals surface area contributed by atoms with Gasteiger partial charge in [-0.1, -0.05) is 58.7 Å². The molecule has 0 aromatic rings. The molecule has 0 N–H and O–H groups in total. The Labute approximate surface area is 148 Å². The average Bonchev–Trinajstić information content (AvgIpc) is 2.58. The van der Waals surface area contributed by atoms with Crippen LogP contribution in [0.5, 0.6) is 0 Å². The normalized spacial score (nSPS) is 13.6. The lowest BCUT2D eigenvalue weighted by Gasteiger charge is -2.08. The summed E-state index contributed by atoms with van der Waals surface area (Å²) >= 11 is 0. The zero-order valence-corrected chi connectivity index (χ0v) is 16.0. The summed E-state index contributed by atoms with van der Waals surface area (Å²) in [5.41, 5.74) is 4.15. The maximum absolute atomic E-state index is 4.46. The Morgan fingerprint density at radius 3 is 2.00 bits per heavy atom. The van der Waals surface area contributed by atoms with Crippen molar-refractivity contribution >= 4 is 12.4 Å². The Hall–Kier alpha value is -2.48. The van der Waals surface area contributed by atoms with Crippen molar-refractivity contribution in [2.24, 2.45) is 15.9 Å². The number of allylic oxidation sites excluding steroid dienone is 9. The van der Waals surface area contributed by atoms with E-state index in [2.05, 4.69) is 43.0 Å². The molecule has 0 aromatic heterocycles. The van der Waals surface area contributed by atoms with E-state index >= 15 is 0 Å². The van der Waals surface area contributed by atoms with E-state index in [1.54, 1.807) is 6.08 Å². The highest BCUT2D eigenvalue weighted by Gasteiger charge is 2.04. The van der Waals surface area contributed by atoms with Gasteiger partial charge in [0.2, 0.25) is 0 Å². The molecule has 0 spiro atoms. The molecule has 0 bridgehead atoms. The van der Waals surface area contributed by atoms with E-state index in [9.17, 15) is 0 Å². The zero-order valence-electron chi connectivity index (χ0n) is 16.0. The van der Waals surface area contributed by atoms with Crippen molar-refractivity contribution in [2.75, 3.05) is 0 Å². The second kappa shape index (κ2) is 14.1. The molecule has 2 heteroatoms. The minimum Gasteiger partial charge on any atom is -0.268 e. The third-order valence-corrected chi connectivity index (χ3v) is 2.95. The fraction of sp³-hybridized carbons (Fsp3) is 0.273. The van der Waals surface area contributed by atoms with Gasteiger partial charge in [-0.3, -0.25) is 9.98 Å². The van der Waals surface area contributed by atoms with Gasteiger partial charge in [0.1, 0.15) is 0 Å². The molecule has 0 aliphatic heterocycles. The van der Waals surface area contributed by atoms with Gasteiger partial charge in [0.15, 0.2) is 0 Å². The Morgan fingerprint density at radius 1 is 1.00 bits per heavy atom. The van der Waals surface area contributed by atoms with E-state index in [4.69, 9.17) is 0 Å².